The zero-order valence-corrected chi connectivity index (χ0v) is 16.1. The summed E-state index contributed by atoms with van der Waals surface area (Å²) in [6.07, 6.45) is 5.10. The number of amides is 1. The number of hydrogen-bond donors (Lipinski definition) is 1. The molecule has 0 aromatic carbocycles. The van der Waals surface area contributed by atoms with Gasteiger partial charge < -0.3 is 9.88 Å². The number of nitrogens with zero attached hydrogens (tertiary/aromatic N) is 2. The quantitative estimate of drug-likeness (QED) is 0.584. The fourth-order valence-electron chi connectivity index (χ4n) is 2.71. The predicted octanol–water partition coefficient (Wildman–Crippen LogP) is 3.66. The number of rotatable bonds is 7. The molecule has 1 atom stereocenters. The Labute approximate surface area is 153 Å². The Morgan fingerprint density at radius 1 is 1.46 bits per heavy atom. The van der Waals surface area contributed by atoms with E-state index in [1.807, 2.05) is 33.0 Å². The third kappa shape index (κ3) is 4.55. The summed E-state index contributed by atoms with van der Waals surface area (Å²) in [5.74, 6) is 1.91. The van der Waals surface area contributed by atoms with E-state index in [4.69, 9.17) is 0 Å². The molecule has 1 fully saturated rings. The number of fused-ring (bicyclic) bond motifs is 1. The van der Waals surface area contributed by atoms with Crippen LogP contribution in [0.3, 0.4) is 0 Å². The van der Waals surface area contributed by atoms with E-state index in [1.54, 1.807) is 11.9 Å². The first-order valence-electron chi connectivity index (χ1n) is 8.12. The van der Waals surface area contributed by atoms with Crippen LogP contribution in [0.5, 0.6) is 0 Å². The first-order chi connectivity index (χ1) is 11.6. The highest BCUT2D eigenvalue weighted by Gasteiger charge is 2.16. The van der Waals surface area contributed by atoms with E-state index < -0.39 is 0 Å². The Morgan fingerprint density at radius 2 is 2.33 bits per heavy atom. The molecule has 3 heterocycles. The summed E-state index contributed by atoms with van der Waals surface area (Å²) in [5, 5.41) is 2.63. The molecular formula is C16H21N3O2S3. The molecule has 0 spiro atoms. The Kier molecular flexibility index (Phi) is 6.24. The smallest absolute Gasteiger partial charge is 0.268 e. The topological polar surface area (TPSA) is 66.1 Å². The van der Waals surface area contributed by atoms with Crippen molar-refractivity contribution in [3.8, 4) is 0 Å². The summed E-state index contributed by atoms with van der Waals surface area (Å²) < 4.78 is 0.635. The lowest BCUT2D eigenvalue weighted by atomic mass is 10.1. The number of nitrogens with one attached hydrogen (secondary N) is 1. The molecule has 2 aromatic rings. The molecule has 2 aromatic heterocycles. The zero-order valence-electron chi connectivity index (χ0n) is 13.6. The van der Waals surface area contributed by atoms with Crippen molar-refractivity contribution in [2.45, 2.75) is 43.9 Å². The van der Waals surface area contributed by atoms with Crippen molar-refractivity contribution in [3.05, 3.63) is 27.6 Å². The van der Waals surface area contributed by atoms with Gasteiger partial charge in [0.2, 0.25) is 5.91 Å². The van der Waals surface area contributed by atoms with Crippen LogP contribution in [0.1, 0.15) is 37.9 Å². The van der Waals surface area contributed by atoms with E-state index in [2.05, 4.69) is 9.97 Å². The lowest BCUT2D eigenvalue weighted by molar-refractivity contribution is -0.130. The van der Waals surface area contributed by atoms with Crippen LogP contribution in [0.15, 0.2) is 16.2 Å². The second-order valence-electron chi connectivity index (χ2n) is 5.97. The molecule has 1 saturated heterocycles. The number of aromatic nitrogens is 2. The fourth-order valence-corrected chi connectivity index (χ4v) is 6.47. The molecule has 1 unspecified atom stereocenters. The fraction of sp³-hybridized carbons (Fsp3) is 0.562. The highest BCUT2D eigenvalue weighted by molar-refractivity contribution is 8.77. The summed E-state index contributed by atoms with van der Waals surface area (Å²) >= 11 is 1.38. The number of carbonyl (C=O) groups is 1. The second kappa shape index (κ2) is 8.40. The molecule has 1 aliphatic rings. The van der Waals surface area contributed by atoms with Gasteiger partial charge in [-0.2, -0.15) is 0 Å². The summed E-state index contributed by atoms with van der Waals surface area (Å²) in [5.41, 5.74) is 0.573. The Bertz CT molecular complexity index is 752. The number of H-pyrrole nitrogens is 1. The van der Waals surface area contributed by atoms with Gasteiger partial charge in [-0.05, 0) is 30.7 Å². The maximum Gasteiger partial charge on any atom is 0.268 e. The zero-order chi connectivity index (χ0) is 16.9. The molecule has 1 N–H and O–H groups in total. The number of thiophene rings is 1. The van der Waals surface area contributed by atoms with Crippen LogP contribution in [0, 0.1) is 0 Å². The van der Waals surface area contributed by atoms with Crippen molar-refractivity contribution in [2.75, 3.05) is 12.8 Å². The Morgan fingerprint density at radius 3 is 3.12 bits per heavy atom. The predicted molar refractivity (Wildman–Crippen MR) is 104 cm³/mol. The van der Waals surface area contributed by atoms with Crippen LogP contribution in [-0.2, 0) is 11.3 Å². The van der Waals surface area contributed by atoms with Crippen LogP contribution in [0.4, 0.5) is 0 Å². The molecule has 130 valence electrons. The van der Waals surface area contributed by atoms with Gasteiger partial charge in [0, 0.05) is 24.5 Å². The van der Waals surface area contributed by atoms with Crippen LogP contribution in [0.2, 0.25) is 0 Å². The SMILES string of the molecule is CN(Cc1nc2ccsc2c(=O)[nH]1)C(=O)CCCCC1CCSS1. The van der Waals surface area contributed by atoms with Gasteiger partial charge in [-0.1, -0.05) is 28.0 Å². The van der Waals surface area contributed by atoms with E-state index in [-0.39, 0.29) is 11.5 Å². The normalized spacial score (nSPS) is 17.5. The number of unbranched alkanes of at least 4 members (excludes halogenated alkanes) is 1. The van der Waals surface area contributed by atoms with Crippen molar-refractivity contribution >= 4 is 49.0 Å². The van der Waals surface area contributed by atoms with Crippen LogP contribution < -0.4 is 5.56 Å². The van der Waals surface area contributed by atoms with E-state index in [1.165, 1.54) is 29.9 Å². The molecule has 0 saturated carbocycles. The van der Waals surface area contributed by atoms with Gasteiger partial charge in [-0.15, -0.1) is 11.3 Å². The maximum atomic E-state index is 12.2. The highest BCUT2D eigenvalue weighted by atomic mass is 33.1. The first kappa shape index (κ1) is 17.8. The van der Waals surface area contributed by atoms with Gasteiger partial charge in [0.25, 0.3) is 5.56 Å². The molecular weight excluding hydrogens is 362 g/mol. The molecule has 3 rings (SSSR count). The Hall–Kier alpha value is -0.990. The van der Waals surface area contributed by atoms with E-state index in [9.17, 15) is 9.59 Å². The molecule has 0 bridgehead atoms. The molecule has 5 nitrogen and oxygen atoms in total. The van der Waals surface area contributed by atoms with Crippen LogP contribution in [0.25, 0.3) is 10.2 Å². The summed E-state index contributed by atoms with van der Waals surface area (Å²) in [6.45, 7) is 0.342. The summed E-state index contributed by atoms with van der Waals surface area (Å²) in [4.78, 5) is 33.0. The lowest BCUT2D eigenvalue weighted by Crippen LogP contribution is -2.28. The van der Waals surface area contributed by atoms with E-state index in [0.717, 1.165) is 18.1 Å². The maximum absolute atomic E-state index is 12.2. The third-order valence-corrected chi connectivity index (χ3v) is 7.98. The number of aromatic amines is 1. The molecule has 1 amide bonds. The average molecular weight is 384 g/mol. The van der Waals surface area contributed by atoms with Crippen LogP contribution in [-0.4, -0.2) is 38.8 Å². The van der Waals surface area contributed by atoms with Crippen molar-refractivity contribution in [2.24, 2.45) is 0 Å². The first-order valence-corrected chi connectivity index (χ1v) is 11.4. The van der Waals surface area contributed by atoms with Crippen molar-refractivity contribution in [1.29, 1.82) is 0 Å². The van der Waals surface area contributed by atoms with Gasteiger partial charge in [0.15, 0.2) is 0 Å². The minimum absolute atomic E-state index is 0.108. The van der Waals surface area contributed by atoms with Gasteiger partial charge in [0.05, 0.1) is 12.1 Å². The molecule has 1 aliphatic heterocycles. The van der Waals surface area contributed by atoms with Gasteiger partial charge in [-0.3, -0.25) is 9.59 Å². The minimum Gasteiger partial charge on any atom is -0.338 e. The standard InChI is InChI=1S/C16H21N3O2S3/c1-19(14(20)5-3-2-4-11-6-9-23-24-11)10-13-17-12-7-8-22-15(12)16(21)18-13/h7-8,11H,2-6,9-10H2,1H3,(H,17,18,21). The minimum atomic E-state index is -0.127. The second-order valence-corrected chi connectivity index (χ2v) is 9.68. The third-order valence-electron chi connectivity index (χ3n) is 4.07. The molecule has 0 radical (unpaired) electrons. The van der Waals surface area contributed by atoms with Crippen molar-refractivity contribution in [3.63, 3.8) is 0 Å². The average Bonchev–Trinajstić information content (AvgIpc) is 3.22. The molecule has 24 heavy (non-hydrogen) atoms. The number of carbonyl (C=O) groups excluding carboxylic acids is 1. The summed E-state index contributed by atoms with van der Waals surface area (Å²) in [7, 11) is 5.72. The molecule has 8 heteroatoms. The summed E-state index contributed by atoms with van der Waals surface area (Å²) in [6, 6.07) is 1.83. The van der Waals surface area contributed by atoms with E-state index in [0.29, 0.717) is 29.0 Å². The molecule has 0 aliphatic carbocycles. The highest BCUT2D eigenvalue weighted by Crippen LogP contribution is 2.39. The van der Waals surface area contributed by atoms with Gasteiger partial charge in [0.1, 0.15) is 10.5 Å². The lowest BCUT2D eigenvalue weighted by Gasteiger charge is -2.16. The van der Waals surface area contributed by atoms with Gasteiger partial charge in [-0.25, -0.2) is 4.98 Å². The van der Waals surface area contributed by atoms with Crippen molar-refractivity contribution in [1.82, 2.24) is 14.9 Å². The van der Waals surface area contributed by atoms with Crippen molar-refractivity contribution < 1.29 is 4.79 Å². The monoisotopic (exact) mass is 383 g/mol. The number of hydrogen-bond acceptors (Lipinski definition) is 6. The Balaban J connectivity index is 1.46. The van der Waals surface area contributed by atoms with Gasteiger partial charge >= 0.3 is 0 Å². The van der Waals surface area contributed by atoms with Crippen LogP contribution >= 0.6 is 32.9 Å². The van der Waals surface area contributed by atoms with E-state index >= 15 is 0 Å². The largest absolute Gasteiger partial charge is 0.338 e.